The van der Waals surface area contributed by atoms with E-state index < -0.39 is 0 Å². The summed E-state index contributed by atoms with van der Waals surface area (Å²) in [5.74, 6) is 17.8. The molecule has 0 saturated carbocycles. The zero-order valence-corrected chi connectivity index (χ0v) is 30.7. The van der Waals surface area contributed by atoms with E-state index in [0.29, 0.717) is 77.0 Å². The van der Waals surface area contributed by atoms with Crippen LogP contribution in [-0.2, 0) is 72.5 Å². The van der Waals surface area contributed by atoms with Gasteiger partial charge in [-0.05, 0) is 51.4 Å². The van der Waals surface area contributed by atoms with Gasteiger partial charge in [-0.2, -0.15) is 0 Å². The van der Waals surface area contributed by atoms with Crippen LogP contribution in [0.1, 0.15) is 103 Å². The molecule has 24 N–H and O–H groups in total. The fourth-order valence-corrected chi connectivity index (χ4v) is 2.48. The summed E-state index contributed by atoms with van der Waals surface area (Å²) in [6, 6.07) is 0. The molecular weight excluding hydrogens is 776 g/mol. The molecule has 0 unspecified atom stereocenters. The molecule has 0 aromatic heterocycles. The Labute approximate surface area is 316 Å². The number of aldehydes is 2. The number of hydrazine groups is 4. The molecule has 0 aromatic carbocycles. The van der Waals surface area contributed by atoms with Crippen molar-refractivity contribution >= 4 is 48.0 Å². The molecule has 0 aliphatic heterocycles. The van der Waals surface area contributed by atoms with Gasteiger partial charge in [0.1, 0.15) is 12.6 Å². The third-order valence-electron chi connectivity index (χ3n) is 4.75. The van der Waals surface area contributed by atoms with Gasteiger partial charge in [0.2, 0.25) is 35.4 Å². The van der Waals surface area contributed by atoms with Crippen molar-refractivity contribution in [2.45, 2.75) is 103 Å². The van der Waals surface area contributed by atoms with Crippen molar-refractivity contribution in [3.8, 4) is 0 Å². The molecule has 0 aliphatic rings. The van der Waals surface area contributed by atoms with Crippen molar-refractivity contribution in [2.75, 3.05) is 0 Å². The molecule has 0 atom stereocenters. The van der Waals surface area contributed by atoms with E-state index in [1.165, 1.54) is 0 Å². The van der Waals surface area contributed by atoms with Gasteiger partial charge in [-0.1, -0.05) is 0 Å². The fourth-order valence-electron chi connectivity index (χ4n) is 2.48. The SMILES string of the molecule is N.N.NNC(=O)CCCCC(N)=O.NNC(=O)CCCCC(N)=O.NNC(=O)CCCCC=O.NNC(=O)CCCCC=O.O.O=O.O=O.[Fe+2].[Fe+3]. The first kappa shape index (κ1) is 76.8. The zero-order chi connectivity index (χ0) is 37.0. The number of carbonyl (C=O) groups is 8. The summed E-state index contributed by atoms with van der Waals surface area (Å²) >= 11 is 0. The quantitative estimate of drug-likeness (QED) is 0.0147. The van der Waals surface area contributed by atoms with E-state index in [9.17, 15) is 38.4 Å². The molecule has 0 rings (SSSR count). The van der Waals surface area contributed by atoms with Crippen LogP contribution >= 0.6 is 0 Å². The third-order valence-corrected chi connectivity index (χ3v) is 4.75. The Morgan fingerprint density at radius 1 is 0.431 bits per heavy atom. The molecular formula is C24H58Fe2N12O13+5. The van der Waals surface area contributed by atoms with Crippen LogP contribution in [0.4, 0.5) is 0 Å². The summed E-state index contributed by atoms with van der Waals surface area (Å²) in [7, 11) is 0. The van der Waals surface area contributed by atoms with Gasteiger partial charge in [-0.15, -0.1) is 0 Å². The first-order chi connectivity index (χ1) is 21.9. The molecule has 51 heavy (non-hydrogen) atoms. The minimum absolute atomic E-state index is 0. The summed E-state index contributed by atoms with van der Waals surface area (Å²) in [6.45, 7) is 0. The van der Waals surface area contributed by atoms with Crippen LogP contribution in [-0.4, -0.2) is 53.5 Å². The van der Waals surface area contributed by atoms with E-state index >= 15 is 0 Å². The van der Waals surface area contributed by atoms with Crippen molar-refractivity contribution in [3.63, 3.8) is 0 Å². The summed E-state index contributed by atoms with van der Waals surface area (Å²) < 4.78 is 0. The van der Waals surface area contributed by atoms with Crippen molar-refractivity contribution in [1.82, 2.24) is 34.0 Å². The van der Waals surface area contributed by atoms with Crippen molar-refractivity contribution in [1.29, 1.82) is 0 Å². The van der Waals surface area contributed by atoms with Crippen LogP contribution in [0.3, 0.4) is 0 Å². The molecule has 0 spiro atoms. The van der Waals surface area contributed by atoms with E-state index in [1.54, 1.807) is 0 Å². The van der Waals surface area contributed by atoms with Crippen molar-refractivity contribution < 1.29 is 78.0 Å². The Kier molecular flexibility index (Phi) is 108. The van der Waals surface area contributed by atoms with E-state index in [1.807, 2.05) is 21.7 Å². The molecule has 0 aromatic rings. The monoisotopic (exact) mass is 834 g/mol. The topological polar surface area (TPSA) is 511 Å². The van der Waals surface area contributed by atoms with E-state index in [-0.39, 0.29) is 87.4 Å². The van der Waals surface area contributed by atoms with E-state index in [2.05, 4.69) is 0 Å². The van der Waals surface area contributed by atoms with Crippen LogP contribution in [0, 0.1) is 19.9 Å². The van der Waals surface area contributed by atoms with Crippen LogP contribution in [0.2, 0.25) is 0 Å². The van der Waals surface area contributed by atoms with Gasteiger partial charge in [0, 0.05) is 71.2 Å². The van der Waals surface area contributed by atoms with Crippen LogP contribution in [0.25, 0.3) is 0 Å². The number of nitrogens with two attached hydrogens (primary N) is 6. The zero-order valence-electron chi connectivity index (χ0n) is 28.5. The number of hydrogen-bond donors (Lipinski definition) is 12. The Morgan fingerprint density at radius 2 is 0.608 bits per heavy atom. The maximum atomic E-state index is 10.5. The Morgan fingerprint density at radius 3 is 0.765 bits per heavy atom. The molecule has 0 fully saturated rings. The average molecular weight is 834 g/mol. The van der Waals surface area contributed by atoms with Gasteiger partial charge in [-0.3, -0.25) is 50.5 Å². The van der Waals surface area contributed by atoms with Gasteiger partial charge < -0.3 is 38.8 Å². The van der Waals surface area contributed by atoms with Crippen LogP contribution in [0.5, 0.6) is 0 Å². The number of unbranched alkanes of at least 4 members (excludes halogenated alkanes) is 6. The smallest absolute Gasteiger partial charge is 0.412 e. The van der Waals surface area contributed by atoms with Crippen LogP contribution in [0.15, 0.2) is 0 Å². The number of hydrogen-bond acceptors (Lipinski definition) is 18. The Hall–Kier alpha value is -3.88. The molecule has 0 bridgehead atoms. The van der Waals surface area contributed by atoms with Gasteiger partial charge >= 0.3 is 34.1 Å². The maximum absolute atomic E-state index is 10.5. The number of amides is 6. The first-order valence-corrected chi connectivity index (χ1v) is 13.7. The first-order valence-electron chi connectivity index (χ1n) is 13.7. The van der Waals surface area contributed by atoms with Crippen molar-refractivity contribution in [2.24, 2.45) is 34.8 Å². The van der Waals surface area contributed by atoms with Gasteiger partial charge in [-0.25, -0.2) is 23.4 Å². The molecule has 25 nitrogen and oxygen atoms in total. The normalized spacial score (nSPS) is 7.61. The third kappa shape index (κ3) is 99.0. The number of carbonyl (C=O) groups excluding carboxylic acids is 8. The summed E-state index contributed by atoms with van der Waals surface area (Å²) in [5, 5.41) is 0. The second kappa shape index (κ2) is 72.0. The van der Waals surface area contributed by atoms with E-state index in [4.69, 9.17) is 54.7 Å². The van der Waals surface area contributed by atoms with Crippen molar-refractivity contribution in [3.05, 3.63) is 19.9 Å². The van der Waals surface area contributed by atoms with Crippen LogP contribution < -0.4 is 68.8 Å². The summed E-state index contributed by atoms with van der Waals surface area (Å²) in [5.41, 5.74) is 17.8. The maximum Gasteiger partial charge on any atom is 3.00 e. The largest absolute Gasteiger partial charge is 3.00 e. The van der Waals surface area contributed by atoms with Gasteiger partial charge in [0.15, 0.2) is 0 Å². The minimum Gasteiger partial charge on any atom is -0.412 e. The van der Waals surface area contributed by atoms with Gasteiger partial charge in [0.05, 0.1) is 0 Å². The summed E-state index contributed by atoms with van der Waals surface area (Å²) in [4.78, 5) is 110. The second-order valence-electron chi connectivity index (χ2n) is 8.44. The molecule has 27 heteroatoms. The average Bonchev–Trinajstić information content (AvgIpc) is 3.07. The Balaban J connectivity index is -0.0000000435. The number of primary amides is 2. The molecule has 303 valence electrons. The standard InChI is InChI=1S/2C6H13N3O2.2C6H12N2O2.2Fe.2H3N.2O2.H2O/c2*7-5(10)3-1-2-4-6(11)9-8;2*7-8-6(10)4-2-1-3-5-9;;;;;2*1-2;/h2*1-4,8H2,(H2,7,10)(H,9,11);2*5H,1-4,7H2,(H,8,10);;;2*1H3;;;1H2/q;;;;+2;+3;;;;;. The molecule has 0 heterocycles. The van der Waals surface area contributed by atoms with E-state index in [0.717, 1.165) is 38.3 Å². The Bertz CT molecular complexity index is 762. The van der Waals surface area contributed by atoms with Gasteiger partial charge in [0.25, 0.3) is 0 Å². The fraction of sp³-hybridized carbons (Fsp3) is 0.667. The predicted molar refractivity (Wildman–Crippen MR) is 181 cm³/mol. The minimum atomic E-state index is -0.335. The molecule has 1 radical (unpaired) electrons. The molecule has 0 saturated heterocycles. The summed E-state index contributed by atoms with van der Waals surface area (Å²) in [6.07, 6.45) is 10.5. The molecule has 0 aliphatic carbocycles. The number of rotatable bonds is 20. The number of nitrogens with one attached hydrogen (secondary N) is 4. The molecule has 6 amide bonds. The predicted octanol–water partition coefficient (Wildman–Crippen LogP) is -2.86. The second-order valence-corrected chi connectivity index (χ2v) is 8.44.